The molecule has 0 bridgehead atoms. The predicted molar refractivity (Wildman–Crippen MR) is 81.6 cm³/mol. The Kier molecular flexibility index (Phi) is 4.57. The first kappa shape index (κ1) is 15.3. The van der Waals surface area contributed by atoms with Gasteiger partial charge in [-0.2, -0.15) is 0 Å². The molecule has 2 aromatic carbocycles. The van der Waals surface area contributed by atoms with Crippen molar-refractivity contribution >= 4 is 17.6 Å². The SMILES string of the molecule is COc1cc(C=Nc2ccccc2O)c([N+](=O)[O-])cc1OC. The van der Waals surface area contributed by atoms with Gasteiger partial charge in [0.05, 0.1) is 30.8 Å². The quantitative estimate of drug-likeness (QED) is 0.520. The van der Waals surface area contributed by atoms with E-state index >= 15 is 0 Å². The van der Waals surface area contributed by atoms with Crippen molar-refractivity contribution in [2.75, 3.05) is 14.2 Å². The molecule has 0 amide bonds. The molecule has 1 N–H and O–H groups in total. The van der Waals surface area contributed by atoms with Gasteiger partial charge >= 0.3 is 0 Å². The summed E-state index contributed by atoms with van der Waals surface area (Å²) in [7, 11) is 2.84. The van der Waals surface area contributed by atoms with Crippen LogP contribution in [0.2, 0.25) is 0 Å². The molecule has 0 aliphatic rings. The number of phenolic OH excluding ortho intramolecular Hbond substituents is 1. The van der Waals surface area contributed by atoms with Crippen LogP contribution in [0.25, 0.3) is 0 Å². The first-order valence-electron chi connectivity index (χ1n) is 6.29. The summed E-state index contributed by atoms with van der Waals surface area (Å²) < 4.78 is 10.2. The lowest BCUT2D eigenvalue weighted by molar-refractivity contribution is -0.385. The van der Waals surface area contributed by atoms with Crippen molar-refractivity contribution in [1.29, 1.82) is 0 Å². The van der Waals surface area contributed by atoms with E-state index in [1.54, 1.807) is 18.2 Å². The fourth-order valence-corrected chi connectivity index (χ4v) is 1.86. The lowest BCUT2D eigenvalue weighted by Gasteiger charge is -2.08. The van der Waals surface area contributed by atoms with E-state index in [4.69, 9.17) is 9.47 Å². The molecule has 0 fully saturated rings. The van der Waals surface area contributed by atoms with Crippen molar-refractivity contribution in [3.63, 3.8) is 0 Å². The second-order valence-corrected chi connectivity index (χ2v) is 4.27. The maximum atomic E-state index is 11.2. The highest BCUT2D eigenvalue weighted by molar-refractivity contribution is 5.89. The molecule has 0 aromatic heterocycles. The summed E-state index contributed by atoms with van der Waals surface area (Å²) in [5.74, 6) is 0.600. The highest BCUT2D eigenvalue weighted by atomic mass is 16.6. The third kappa shape index (κ3) is 3.14. The van der Waals surface area contributed by atoms with E-state index in [0.29, 0.717) is 11.4 Å². The van der Waals surface area contributed by atoms with Crippen LogP contribution in [-0.4, -0.2) is 30.5 Å². The number of methoxy groups -OCH3 is 2. The van der Waals surface area contributed by atoms with Crippen molar-refractivity contribution < 1.29 is 19.5 Å². The number of phenols is 1. The number of hydrogen-bond acceptors (Lipinski definition) is 6. The maximum Gasteiger partial charge on any atom is 0.282 e. The highest BCUT2D eigenvalue weighted by Crippen LogP contribution is 2.34. The Morgan fingerprint density at radius 3 is 2.41 bits per heavy atom. The van der Waals surface area contributed by atoms with E-state index in [-0.39, 0.29) is 22.7 Å². The number of para-hydroxylation sites is 2. The second-order valence-electron chi connectivity index (χ2n) is 4.27. The number of aromatic hydroxyl groups is 1. The fraction of sp³-hybridized carbons (Fsp3) is 0.133. The zero-order valence-corrected chi connectivity index (χ0v) is 12.0. The monoisotopic (exact) mass is 302 g/mol. The molecule has 2 aromatic rings. The van der Waals surface area contributed by atoms with Gasteiger partial charge in [0, 0.05) is 6.21 Å². The molecule has 0 aliphatic carbocycles. The molecule has 0 saturated heterocycles. The standard InChI is InChI=1S/C15H14N2O5/c1-21-14-7-10(12(17(19)20)8-15(14)22-2)9-16-11-5-3-4-6-13(11)18/h3-9,18H,1-2H3. The van der Waals surface area contributed by atoms with Gasteiger partial charge in [-0.1, -0.05) is 12.1 Å². The Morgan fingerprint density at radius 2 is 1.82 bits per heavy atom. The lowest BCUT2D eigenvalue weighted by Crippen LogP contribution is -1.98. The first-order valence-corrected chi connectivity index (χ1v) is 6.29. The summed E-state index contributed by atoms with van der Waals surface area (Å²) in [6.07, 6.45) is 1.30. The van der Waals surface area contributed by atoms with Gasteiger partial charge in [-0.3, -0.25) is 15.1 Å². The van der Waals surface area contributed by atoms with Crippen molar-refractivity contribution in [3.05, 3.63) is 52.1 Å². The molecule has 114 valence electrons. The zero-order chi connectivity index (χ0) is 16.1. The minimum Gasteiger partial charge on any atom is -0.506 e. The molecule has 0 radical (unpaired) electrons. The largest absolute Gasteiger partial charge is 0.506 e. The highest BCUT2D eigenvalue weighted by Gasteiger charge is 2.18. The minimum absolute atomic E-state index is 0.0121. The molecule has 0 aliphatic heterocycles. The normalized spacial score (nSPS) is 10.6. The van der Waals surface area contributed by atoms with E-state index in [0.717, 1.165) is 0 Å². The van der Waals surface area contributed by atoms with Gasteiger partial charge in [-0.05, 0) is 18.2 Å². The second kappa shape index (κ2) is 6.57. The molecule has 0 atom stereocenters. The third-order valence-electron chi connectivity index (χ3n) is 2.95. The fourth-order valence-electron chi connectivity index (χ4n) is 1.86. The predicted octanol–water partition coefficient (Wildman–Crippen LogP) is 3.07. The number of benzene rings is 2. The van der Waals surface area contributed by atoms with E-state index in [1.165, 1.54) is 38.6 Å². The van der Waals surface area contributed by atoms with Crippen LogP contribution in [0.4, 0.5) is 11.4 Å². The number of nitro benzene ring substituents is 1. The van der Waals surface area contributed by atoms with Crippen LogP contribution in [0.15, 0.2) is 41.4 Å². The molecule has 7 nitrogen and oxygen atoms in total. The summed E-state index contributed by atoms with van der Waals surface area (Å²) in [6.45, 7) is 0. The summed E-state index contributed by atoms with van der Waals surface area (Å²) in [6, 6.07) is 9.17. The van der Waals surface area contributed by atoms with E-state index in [2.05, 4.69) is 4.99 Å². The Bertz CT molecular complexity index is 728. The van der Waals surface area contributed by atoms with Crippen molar-refractivity contribution in [1.82, 2.24) is 0 Å². The van der Waals surface area contributed by atoms with Gasteiger partial charge in [0.25, 0.3) is 5.69 Å². The molecule has 7 heteroatoms. The molecule has 0 unspecified atom stereocenters. The average Bonchev–Trinajstić information content (AvgIpc) is 2.53. The molecule has 0 saturated carbocycles. The van der Waals surface area contributed by atoms with Gasteiger partial charge in [-0.15, -0.1) is 0 Å². The van der Waals surface area contributed by atoms with Crippen LogP contribution in [0, 0.1) is 10.1 Å². The van der Waals surface area contributed by atoms with Gasteiger partial charge in [0.15, 0.2) is 11.5 Å². The first-order chi connectivity index (χ1) is 10.6. The van der Waals surface area contributed by atoms with Gasteiger partial charge in [0.1, 0.15) is 11.4 Å². The molecular weight excluding hydrogens is 288 g/mol. The van der Waals surface area contributed by atoms with Crippen LogP contribution in [-0.2, 0) is 0 Å². The van der Waals surface area contributed by atoms with Crippen LogP contribution in [0.3, 0.4) is 0 Å². The summed E-state index contributed by atoms with van der Waals surface area (Å²) in [4.78, 5) is 14.7. The summed E-state index contributed by atoms with van der Waals surface area (Å²) >= 11 is 0. The van der Waals surface area contributed by atoms with Crippen LogP contribution in [0.1, 0.15) is 5.56 Å². The molecule has 0 spiro atoms. The molecule has 2 rings (SSSR count). The Morgan fingerprint density at radius 1 is 1.18 bits per heavy atom. The van der Waals surface area contributed by atoms with Gasteiger partial charge in [-0.25, -0.2) is 0 Å². The Balaban J connectivity index is 2.49. The smallest absolute Gasteiger partial charge is 0.282 e. The number of nitrogens with zero attached hydrogens (tertiary/aromatic N) is 2. The van der Waals surface area contributed by atoms with Crippen LogP contribution in [0.5, 0.6) is 17.2 Å². The van der Waals surface area contributed by atoms with E-state index in [9.17, 15) is 15.2 Å². The molecule has 0 heterocycles. The van der Waals surface area contributed by atoms with Crippen LogP contribution >= 0.6 is 0 Å². The number of ether oxygens (including phenoxy) is 2. The topological polar surface area (TPSA) is 94.2 Å². The summed E-state index contributed by atoms with van der Waals surface area (Å²) in [5, 5.41) is 20.8. The minimum atomic E-state index is -0.534. The third-order valence-corrected chi connectivity index (χ3v) is 2.95. The lowest BCUT2D eigenvalue weighted by atomic mass is 10.1. The Hall–Kier alpha value is -3.09. The van der Waals surface area contributed by atoms with Crippen LogP contribution < -0.4 is 9.47 Å². The van der Waals surface area contributed by atoms with Gasteiger partial charge < -0.3 is 14.6 Å². The Labute approximate surface area is 126 Å². The van der Waals surface area contributed by atoms with E-state index < -0.39 is 4.92 Å². The molecular formula is C15H14N2O5. The number of rotatable bonds is 5. The maximum absolute atomic E-state index is 11.2. The molecule has 22 heavy (non-hydrogen) atoms. The van der Waals surface area contributed by atoms with Crippen molar-refractivity contribution in [2.24, 2.45) is 4.99 Å². The summed E-state index contributed by atoms with van der Waals surface area (Å²) in [5.41, 5.74) is 0.384. The number of nitro groups is 1. The zero-order valence-electron chi connectivity index (χ0n) is 12.0. The van der Waals surface area contributed by atoms with Gasteiger partial charge in [0.2, 0.25) is 0 Å². The van der Waals surface area contributed by atoms with Crippen molar-refractivity contribution in [3.8, 4) is 17.2 Å². The van der Waals surface area contributed by atoms with Crippen molar-refractivity contribution in [2.45, 2.75) is 0 Å². The number of hydrogen-bond donors (Lipinski definition) is 1. The number of aliphatic imine (C=N–C) groups is 1. The average molecular weight is 302 g/mol. The van der Waals surface area contributed by atoms with E-state index in [1.807, 2.05) is 0 Å².